The monoisotopic (exact) mass is 413 g/mol. The Morgan fingerprint density at radius 2 is 1.80 bits per heavy atom. The number of rotatable bonds is 8. The summed E-state index contributed by atoms with van der Waals surface area (Å²) in [5.74, 6) is -0.131. The molecule has 2 heterocycles. The van der Waals surface area contributed by atoms with E-state index in [9.17, 15) is 14.4 Å². The van der Waals surface area contributed by atoms with Gasteiger partial charge in [0.25, 0.3) is 5.91 Å². The van der Waals surface area contributed by atoms with Gasteiger partial charge in [-0.05, 0) is 38.3 Å². The predicted octanol–water partition coefficient (Wildman–Crippen LogP) is 2.96. The van der Waals surface area contributed by atoms with Crippen LogP contribution in [0.5, 0.6) is 5.75 Å². The molecule has 1 aliphatic heterocycles. The molecule has 0 atom stereocenters. The van der Waals surface area contributed by atoms with Crippen molar-refractivity contribution < 1.29 is 23.9 Å². The summed E-state index contributed by atoms with van der Waals surface area (Å²) in [6.07, 6.45) is 2.43. The maximum absolute atomic E-state index is 13.1. The number of unbranched alkanes of at least 4 members (excludes halogenated alkanes) is 1. The number of para-hydroxylation sites is 1. The molecule has 8 heteroatoms. The molecule has 1 saturated heterocycles. The van der Waals surface area contributed by atoms with Gasteiger partial charge >= 0.3 is 5.97 Å². The Balaban J connectivity index is 1.66. The van der Waals surface area contributed by atoms with Crippen molar-refractivity contribution >= 4 is 28.7 Å². The molecule has 2 aromatic rings. The van der Waals surface area contributed by atoms with Crippen LogP contribution in [0.15, 0.2) is 30.3 Å². The summed E-state index contributed by atoms with van der Waals surface area (Å²) in [4.78, 5) is 41.7. The standard InChI is InChI=1S/C22H27N3O5/c1-3-30-21(27)12-7-6-11-20(26)24-13-8-14-25(24)22(28)18-15-19(29-2)16-9-4-5-10-17(16)23-18/h4-5,9-10,15H,3,6-8,11-14H2,1-2H3. The van der Waals surface area contributed by atoms with Crippen LogP contribution in [0.2, 0.25) is 0 Å². The van der Waals surface area contributed by atoms with Crippen LogP contribution in [0.25, 0.3) is 10.9 Å². The molecule has 0 N–H and O–H groups in total. The summed E-state index contributed by atoms with van der Waals surface area (Å²) in [7, 11) is 1.55. The number of carbonyl (C=O) groups is 3. The van der Waals surface area contributed by atoms with Crippen LogP contribution in [-0.2, 0) is 14.3 Å². The number of hydrogen-bond donors (Lipinski definition) is 0. The Morgan fingerprint density at radius 3 is 2.57 bits per heavy atom. The minimum atomic E-state index is -0.323. The van der Waals surface area contributed by atoms with Crippen molar-refractivity contribution in [2.75, 3.05) is 26.8 Å². The van der Waals surface area contributed by atoms with Crippen LogP contribution in [0.4, 0.5) is 0 Å². The quantitative estimate of drug-likeness (QED) is 0.488. The second kappa shape index (κ2) is 10.0. The third-order valence-electron chi connectivity index (χ3n) is 5.00. The van der Waals surface area contributed by atoms with E-state index in [1.807, 2.05) is 24.3 Å². The molecule has 1 fully saturated rings. The molecule has 0 saturated carbocycles. The molecule has 160 valence electrons. The van der Waals surface area contributed by atoms with Crippen LogP contribution in [0, 0.1) is 0 Å². The first-order chi connectivity index (χ1) is 14.5. The maximum atomic E-state index is 13.1. The Bertz CT molecular complexity index is 930. The lowest BCUT2D eigenvalue weighted by Gasteiger charge is -2.27. The van der Waals surface area contributed by atoms with Crippen LogP contribution in [-0.4, -0.2) is 59.6 Å². The maximum Gasteiger partial charge on any atom is 0.305 e. The molecular formula is C22H27N3O5. The van der Waals surface area contributed by atoms with Crippen molar-refractivity contribution in [2.45, 2.75) is 39.0 Å². The summed E-state index contributed by atoms with van der Waals surface area (Å²) in [5.41, 5.74) is 0.906. The lowest BCUT2D eigenvalue weighted by Crippen LogP contribution is -2.45. The van der Waals surface area contributed by atoms with E-state index in [1.165, 1.54) is 10.0 Å². The largest absolute Gasteiger partial charge is 0.496 e. The highest BCUT2D eigenvalue weighted by molar-refractivity contribution is 5.98. The second-order valence-electron chi connectivity index (χ2n) is 7.04. The highest BCUT2D eigenvalue weighted by atomic mass is 16.5. The average Bonchev–Trinajstić information content (AvgIpc) is 3.25. The Morgan fingerprint density at radius 1 is 1.07 bits per heavy atom. The van der Waals surface area contributed by atoms with Gasteiger partial charge in [-0.2, -0.15) is 0 Å². The summed E-state index contributed by atoms with van der Waals surface area (Å²) in [6.45, 7) is 3.08. The number of benzene rings is 1. The second-order valence-corrected chi connectivity index (χ2v) is 7.04. The highest BCUT2D eigenvalue weighted by Gasteiger charge is 2.32. The molecule has 1 aliphatic rings. The number of carbonyl (C=O) groups excluding carboxylic acids is 3. The highest BCUT2D eigenvalue weighted by Crippen LogP contribution is 2.26. The van der Waals surface area contributed by atoms with Crippen molar-refractivity contribution in [2.24, 2.45) is 0 Å². The molecule has 3 rings (SSSR count). The van der Waals surface area contributed by atoms with E-state index in [2.05, 4.69) is 4.98 Å². The van der Waals surface area contributed by atoms with E-state index >= 15 is 0 Å². The topological polar surface area (TPSA) is 89.0 Å². The van der Waals surface area contributed by atoms with Gasteiger partial charge in [-0.15, -0.1) is 0 Å². The number of hydrazine groups is 1. The van der Waals surface area contributed by atoms with Gasteiger partial charge in [-0.1, -0.05) is 12.1 Å². The van der Waals surface area contributed by atoms with Crippen LogP contribution in [0.3, 0.4) is 0 Å². The molecule has 30 heavy (non-hydrogen) atoms. The molecule has 0 aliphatic carbocycles. The fraction of sp³-hybridized carbons (Fsp3) is 0.455. The number of nitrogens with zero attached hydrogens (tertiary/aromatic N) is 3. The minimum Gasteiger partial charge on any atom is -0.496 e. The van der Waals surface area contributed by atoms with Gasteiger partial charge in [0.15, 0.2) is 0 Å². The molecule has 0 spiro atoms. The smallest absolute Gasteiger partial charge is 0.305 e. The molecule has 0 radical (unpaired) electrons. The molecule has 1 aromatic carbocycles. The fourth-order valence-electron chi connectivity index (χ4n) is 3.54. The zero-order chi connectivity index (χ0) is 21.5. The van der Waals surface area contributed by atoms with Gasteiger partial charge in [0.1, 0.15) is 11.4 Å². The number of amides is 2. The Kier molecular flexibility index (Phi) is 7.21. The lowest BCUT2D eigenvalue weighted by molar-refractivity contribution is -0.144. The summed E-state index contributed by atoms with van der Waals surface area (Å²) < 4.78 is 10.3. The zero-order valence-electron chi connectivity index (χ0n) is 17.4. The van der Waals surface area contributed by atoms with Gasteiger partial charge in [0.05, 0.1) is 19.2 Å². The number of methoxy groups -OCH3 is 1. The number of pyridine rings is 1. The van der Waals surface area contributed by atoms with E-state index in [0.29, 0.717) is 56.6 Å². The minimum absolute atomic E-state index is 0.127. The molecule has 0 unspecified atom stereocenters. The fourth-order valence-corrected chi connectivity index (χ4v) is 3.54. The van der Waals surface area contributed by atoms with Gasteiger partial charge in [0.2, 0.25) is 5.91 Å². The molecule has 0 bridgehead atoms. The molecular weight excluding hydrogens is 386 g/mol. The van der Waals surface area contributed by atoms with Crippen LogP contribution < -0.4 is 4.74 Å². The number of aromatic nitrogens is 1. The number of fused-ring (bicyclic) bond motifs is 1. The molecule has 1 aromatic heterocycles. The van der Waals surface area contributed by atoms with E-state index in [-0.39, 0.29) is 29.9 Å². The SMILES string of the molecule is CCOC(=O)CCCCC(=O)N1CCCN1C(=O)c1cc(OC)c2ccccc2n1. The van der Waals surface area contributed by atoms with E-state index < -0.39 is 0 Å². The van der Waals surface area contributed by atoms with Crippen molar-refractivity contribution in [3.63, 3.8) is 0 Å². The first-order valence-corrected chi connectivity index (χ1v) is 10.3. The van der Waals surface area contributed by atoms with Crippen LogP contribution in [0.1, 0.15) is 49.5 Å². The van der Waals surface area contributed by atoms with Gasteiger partial charge in [0, 0.05) is 37.4 Å². The van der Waals surface area contributed by atoms with Gasteiger partial charge in [-0.25, -0.2) is 9.99 Å². The summed E-state index contributed by atoms with van der Waals surface area (Å²) >= 11 is 0. The number of esters is 1. The van der Waals surface area contributed by atoms with Crippen molar-refractivity contribution in [3.8, 4) is 5.75 Å². The van der Waals surface area contributed by atoms with Crippen LogP contribution >= 0.6 is 0 Å². The number of hydrogen-bond acceptors (Lipinski definition) is 6. The molecule has 2 amide bonds. The van der Waals surface area contributed by atoms with E-state index in [1.54, 1.807) is 20.1 Å². The third-order valence-corrected chi connectivity index (χ3v) is 5.00. The van der Waals surface area contributed by atoms with Crippen molar-refractivity contribution in [1.82, 2.24) is 15.0 Å². The lowest BCUT2D eigenvalue weighted by atomic mass is 10.1. The first-order valence-electron chi connectivity index (χ1n) is 10.3. The van der Waals surface area contributed by atoms with Crippen molar-refractivity contribution in [3.05, 3.63) is 36.0 Å². The van der Waals surface area contributed by atoms with E-state index in [0.717, 1.165) is 5.39 Å². The first kappa shape index (κ1) is 21.5. The predicted molar refractivity (Wildman–Crippen MR) is 111 cm³/mol. The van der Waals surface area contributed by atoms with Crippen molar-refractivity contribution in [1.29, 1.82) is 0 Å². The van der Waals surface area contributed by atoms with Gasteiger partial charge < -0.3 is 9.47 Å². The zero-order valence-corrected chi connectivity index (χ0v) is 17.4. The summed E-state index contributed by atoms with van der Waals surface area (Å²) in [6, 6.07) is 9.06. The average molecular weight is 413 g/mol. The molecule has 8 nitrogen and oxygen atoms in total. The number of ether oxygens (including phenoxy) is 2. The third kappa shape index (κ3) is 4.87. The normalized spacial score (nSPS) is 13.5. The Hall–Kier alpha value is -3.16. The van der Waals surface area contributed by atoms with Gasteiger partial charge in [-0.3, -0.25) is 19.4 Å². The van der Waals surface area contributed by atoms with E-state index in [4.69, 9.17) is 9.47 Å². The Labute approximate surface area is 175 Å². The summed E-state index contributed by atoms with van der Waals surface area (Å²) in [5, 5.41) is 3.78.